The Morgan fingerprint density at radius 2 is 1.92 bits per heavy atom. The first kappa shape index (κ1) is 16.8. The van der Waals surface area contributed by atoms with Gasteiger partial charge in [0.1, 0.15) is 0 Å². The molecule has 1 saturated heterocycles. The van der Waals surface area contributed by atoms with Crippen molar-refractivity contribution in [2.75, 3.05) is 5.75 Å². The lowest BCUT2D eigenvalue weighted by molar-refractivity contribution is -0.128. The van der Waals surface area contributed by atoms with Crippen LogP contribution in [0.25, 0.3) is 6.08 Å². The number of hydrogen-bond donors (Lipinski definition) is 1. The van der Waals surface area contributed by atoms with Crippen LogP contribution in [0.3, 0.4) is 0 Å². The molecule has 2 fully saturated rings. The van der Waals surface area contributed by atoms with Gasteiger partial charge in [0.05, 0.1) is 17.8 Å². The second kappa shape index (κ2) is 7.66. The van der Waals surface area contributed by atoms with Gasteiger partial charge in [-0.05, 0) is 24.5 Å². The van der Waals surface area contributed by atoms with E-state index in [-0.39, 0.29) is 34.9 Å². The zero-order valence-electron chi connectivity index (χ0n) is 13.3. The lowest BCUT2D eigenvalue weighted by Crippen LogP contribution is -2.54. The van der Waals surface area contributed by atoms with Gasteiger partial charge in [-0.3, -0.25) is 19.3 Å². The number of carbonyl (C=O) groups excluding carboxylic acids is 3. The van der Waals surface area contributed by atoms with Crippen molar-refractivity contribution in [3.05, 3.63) is 42.0 Å². The molecule has 1 aliphatic carbocycles. The summed E-state index contributed by atoms with van der Waals surface area (Å²) in [7, 11) is 0. The molecule has 1 aromatic rings. The molecule has 1 aromatic carbocycles. The van der Waals surface area contributed by atoms with E-state index in [2.05, 4.69) is 5.32 Å². The summed E-state index contributed by atoms with van der Waals surface area (Å²) in [6, 6.07) is 9.21. The zero-order valence-corrected chi connectivity index (χ0v) is 14.1. The molecule has 1 aliphatic heterocycles. The fraction of sp³-hybridized carbons (Fsp3) is 0.389. The number of imide groups is 1. The Bertz CT molecular complexity index is 643. The van der Waals surface area contributed by atoms with Gasteiger partial charge in [0.15, 0.2) is 0 Å². The van der Waals surface area contributed by atoms with Gasteiger partial charge in [0, 0.05) is 6.08 Å². The highest BCUT2D eigenvalue weighted by Crippen LogP contribution is 2.30. The minimum absolute atomic E-state index is 0.143. The molecule has 3 rings (SSSR count). The first-order valence-corrected chi connectivity index (χ1v) is 9.16. The summed E-state index contributed by atoms with van der Waals surface area (Å²) in [6.45, 7) is 0. The number of rotatable bonds is 4. The van der Waals surface area contributed by atoms with Crippen LogP contribution in [0.1, 0.15) is 31.2 Å². The van der Waals surface area contributed by atoms with Gasteiger partial charge in [-0.25, -0.2) is 0 Å². The monoisotopic (exact) mass is 344 g/mol. The molecule has 0 unspecified atom stereocenters. The summed E-state index contributed by atoms with van der Waals surface area (Å²) in [5, 5.41) is 2.79. The second-order valence-corrected chi connectivity index (χ2v) is 6.96. The molecular weight excluding hydrogens is 324 g/mol. The van der Waals surface area contributed by atoms with Gasteiger partial charge in [0.2, 0.25) is 11.8 Å². The molecule has 1 heterocycles. The summed E-state index contributed by atoms with van der Waals surface area (Å²) in [6.07, 6.45) is 6.77. The van der Waals surface area contributed by atoms with E-state index in [4.69, 9.17) is 0 Å². The summed E-state index contributed by atoms with van der Waals surface area (Å²) >= 11 is 1.05. The average molecular weight is 344 g/mol. The van der Waals surface area contributed by atoms with E-state index in [1.54, 1.807) is 6.08 Å². The highest BCUT2D eigenvalue weighted by atomic mass is 32.2. The Labute approximate surface area is 145 Å². The number of nitrogens with zero attached hydrogens (tertiary/aromatic N) is 1. The van der Waals surface area contributed by atoms with E-state index in [0.29, 0.717) is 0 Å². The Morgan fingerprint density at radius 3 is 2.62 bits per heavy atom. The topological polar surface area (TPSA) is 66.5 Å². The maximum Gasteiger partial charge on any atom is 0.289 e. The summed E-state index contributed by atoms with van der Waals surface area (Å²) in [5.41, 5.74) is 0.953. The van der Waals surface area contributed by atoms with Crippen molar-refractivity contribution in [1.82, 2.24) is 10.2 Å². The number of benzene rings is 1. The van der Waals surface area contributed by atoms with Crippen LogP contribution in [0, 0.1) is 0 Å². The lowest BCUT2D eigenvalue weighted by atomic mass is 9.89. The fourth-order valence-electron chi connectivity index (χ4n) is 3.24. The van der Waals surface area contributed by atoms with Crippen LogP contribution in [0.4, 0.5) is 4.79 Å². The normalized spacial score (nSPS) is 24.6. The van der Waals surface area contributed by atoms with E-state index in [1.165, 1.54) is 11.0 Å². The predicted octanol–water partition coefficient (Wildman–Crippen LogP) is 2.82. The van der Waals surface area contributed by atoms with Crippen molar-refractivity contribution in [2.24, 2.45) is 0 Å². The minimum atomic E-state index is -0.220. The lowest BCUT2D eigenvalue weighted by Gasteiger charge is -2.36. The summed E-state index contributed by atoms with van der Waals surface area (Å²) < 4.78 is 0. The van der Waals surface area contributed by atoms with Gasteiger partial charge in [-0.15, -0.1) is 0 Å². The number of hydrogen-bond acceptors (Lipinski definition) is 4. The molecule has 6 heteroatoms. The Kier molecular flexibility index (Phi) is 5.35. The number of amides is 3. The molecule has 126 valence electrons. The molecule has 0 spiro atoms. The third kappa shape index (κ3) is 3.87. The van der Waals surface area contributed by atoms with E-state index >= 15 is 0 Å². The zero-order chi connectivity index (χ0) is 16.9. The molecule has 0 bridgehead atoms. The van der Waals surface area contributed by atoms with E-state index in [0.717, 1.165) is 43.0 Å². The van der Waals surface area contributed by atoms with Crippen molar-refractivity contribution in [1.29, 1.82) is 0 Å². The Balaban J connectivity index is 1.65. The summed E-state index contributed by atoms with van der Waals surface area (Å²) in [5.74, 6) is -0.123. The van der Waals surface area contributed by atoms with E-state index in [1.807, 2.05) is 30.3 Å². The third-order valence-corrected chi connectivity index (χ3v) is 5.23. The van der Waals surface area contributed by atoms with Crippen LogP contribution in [0.15, 0.2) is 36.4 Å². The number of carbonyl (C=O) groups is 3. The molecule has 2 aliphatic rings. The Morgan fingerprint density at radius 1 is 1.17 bits per heavy atom. The van der Waals surface area contributed by atoms with Crippen LogP contribution < -0.4 is 5.32 Å². The van der Waals surface area contributed by atoms with Gasteiger partial charge in [-0.2, -0.15) is 0 Å². The average Bonchev–Trinajstić information content (AvgIpc) is 2.93. The fourth-order valence-corrected chi connectivity index (χ4v) is 4.00. The van der Waals surface area contributed by atoms with E-state index in [9.17, 15) is 14.4 Å². The van der Waals surface area contributed by atoms with E-state index < -0.39 is 0 Å². The predicted molar refractivity (Wildman–Crippen MR) is 94.4 cm³/mol. The van der Waals surface area contributed by atoms with Crippen LogP contribution >= 0.6 is 11.8 Å². The molecule has 0 radical (unpaired) electrons. The van der Waals surface area contributed by atoms with Crippen LogP contribution in [-0.4, -0.2) is 39.8 Å². The molecule has 0 aromatic heterocycles. The van der Waals surface area contributed by atoms with Crippen molar-refractivity contribution < 1.29 is 14.4 Å². The maximum atomic E-state index is 12.2. The third-order valence-electron chi connectivity index (χ3n) is 4.40. The van der Waals surface area contributed by atoms with Crippen LogP contribution in [0.5, 0.6) is 0 Å². The Hall–Kier alpha value is -2.08. The van der Waals surface area contributed by atoms with Crippen molar-refractivity contribution in [3.63, 3.8) is 0 Å². The molecule has 1 N–H and O–H groups in total. The van der Waals surface area contributed by atoms with Gasteiger partial charge in [-0.1, -0.05) is 54.9 Å². The molecule has 24 heavy (non-hydrogen) atoms. The molecule has 1 saturated carbocycles. The van der Waals surface area contributed by atoms with Crippen LogP contribution in [0.2, 0.25) is 0 Å². The van der Waals surface area contributed by atoms with Crippen molar-refractivity contribution in [3.8, 4) is 0 Å². The van der Waals surface area contributed by atoms with Crippen molar-refractivity contribution in [2.45, 2.75) is 37.8 Å². The molecule has 2 atom stereocenters. The first-order valence-electron chi connectivity index (χ1n) is 8.17. The quantitative estimate of drug-likeness (QED) is 0.853. The number of nitrogens with one attached hydrogen (secondary N) is 1. The number of thioether (sulfide) groups is 1. The molecule has 3 amide bonds. The maximum absolute atomic E-state index is 12.2. The summed E-state index contributed by atoms with van der Waals surface area (Å²) in [4.78, 5) is 37.5. The molecule has 5 nitrogen and oxygen atoms in total. The molecular formula is C18H20N2O3S. The largest absolute Gasteiger partial charge is 0.348 e. The SMILES string of the molecule is O=C(/C=C/c1ccccc1)N[C@@H]1CCCC[C@@H]1N1C(=O)CSC1=O. The minimum Gasteiger partial charge on any atom is -0.348 e. The first-order chi connectivity index (χ1) is 11.6. The van der Waals surface area contributed by atoms with Gasteiger partial charge in [0.25, 0.3) is 5.24 Å². The van der Waals surface area contributed by atoms with Crippen molar-refractivity contribution >= 4 is 34.9 Å². The van der Waals surface area contributed by atoms with Gasteiger partial charge < -0.3 is 5.32 Å². The highest BCUT2D eigenvalue weighted by molar-refractivity contribution is 8.14. The highest BCUT2D eigenvalue weighted by Gasteiger charge is 2.40. The smallest absolute Gasteiger partial charge is 0.289 e. The second-order valence-electron chi connectivity index (χ2n) is 6.03. The standard InChI is InChI=1S/C18H20N2O3S/c21-16(11-10-13-6-2-1-3-7-13)19-14-8-4-5-9-15(14)20-17(22)12-24-18(20)23/h1-3,6-7,10-11,14-15H,4-5,8-9,12H2,(H,19,21)/b11-10+/t14-,15+/m1/s1. The van der Waals surface area contributed by atoms with Crippen LogP contribution in [-0.2, 0) is 9.59 Å². The van der Waals surface area contributed by atoms with Gasteiger partial charge >= 0.3 is 0 Å².